The van der Waals surface area contributed by atoms with Crippen LogP contribution in [-0.2, 0) is 34.1 Å². The lowest BCUT2D eigenvalue weighted by atomic mass is 9.85. The summed E-state index contributed by atoms with van der Waals surface area (Å²) in [6, 6.07) is 8.08. The van der Waals surface area contributed by atoms with Crippen molar-refractivity contribution in [1.29, 1.82) is 0 Å². The standard InChI is InChI=1S/C34H46N2O8/c1-32(2,3)28-29(37)36-20-34(44-21-40-6,19-26(36)30(38)42-8)25-12-11-22-18-27(41-7)23(16-24(22)17-25)10-9-13-33(4,5)14-15-43-31(39)35-28/h9-12,16-18,26,28H,13-15,19-21H2,1-8H3,(H,35,39)/b10-9+/t26-,28+,34-/m0/s1. The van der Waals surface area contributed by atoms with Crippen molar-refractivity contribution in [2.24, 2.45) is 10.8 Å². The number of amides is 2. The number of rotatable bonds is 5. The summed E-state index contributed by atoms with van der Waals surface area (Å²) in [6.07, 6.45) is 4.97. The highest BCUT2D eigenvalue weighted by Gasteiger charge is 2.53. The Kier molecular flexibility index (Phi) is 9.95. The molecule has 2 aromatic rings. The van der Waals surface area contributed by atoms with Crippen LogP contribution in [0.15, 0.2) is 36.4 Å². The molecule has 0 radical (unpaired) electrons. The summed E-state index contributed by atoms with van der Waals surface area (Å²) in [7, 11) is 4.46. The molecule has 10 nitrogen and oxygen atoms in total. The van der Waals surface area contributed by atoms with Crippen molar-refractivity contribution in [2.45, 2.75) is 71.6 Å². The smallest absolute Gasteiger partial charge is 0.407 e. The topological polar surface area (TPSA) is 113 Å². The van der Waals surface area contributed by atoms with Gasteiger partial charge in [0.15, 0.2) is 0 Å². The van der Waals surface area contributed by atoms with Crippen molar-refractivity contribution < 1.29 is 38.1 Å². The molecule has 5 bridgehead atoms. The monoisotopic (exact) mass is 610 g/mol. The summed E-state index contributed by atoms with van der Waals surface area (Å²) in [6.45, 7) is 9.96. The molecule has 10 heteroatoms. The zero-order chi connectivity index (χ0) is 32.3. The highest BCUT2D eigenvalue weighted by atomic mass is 16.7. The predicted molar refractivity (Wildman–Crippen MR) is 167 cm³/mol. The van der Waals surface area contributed by atoms with Crippen molar-refractivity contribution in [3.8, 4) is 5.75 Å². The third-order valence-corrected chi connectivity index (χ3v) is 8.60. The van der Waals surface area contributed by atoms with Crippen LogP contribution >= 0.6 is 0 Å². The Balaban J connectivity index is 1.90. The number of alkyl carbamates (subject to hydrolysis) is 1. The minimum Gasteiger partial charge on any atom is -0.496 e. The Bertz CT molecular complexity index is 1410. The van der Waals surface area contributed by atoms with E-state index in [2.05, 4.69) is 31.3 Å². The molecule has 44 heavy (non-hydrogen) atoms. The van der Waals surface area contributed by atoms with E-state index in [4.69, 9.17) is 23.7 Å². The lowest BCUT2D eigenvalue weighted by Crippen LogP contribution is -2.57. The number of carbonyl (C=O) groups is 3. The zero-order valence-electron chi connectivity index (χ0n) is 27.2. The van der Waals surface area contributed by atoms with Crippen LogP contribution in [0.5, 0.6) is 5.75 Å². The minimum absolute atomic E-state index is 0.0425. The van der Waals surface area contributed by atoms with Gasteiger partial charge in [-0.2, -0.15) is 0 Å². The van der Waals surface area contributed by atoms with Crippen LogP contribution < -0.4 is 10.1 Å². The molecule has 4 rings (SSSR count). The van der Waals surface area contributed by atoms with Gasteiger partial charge in [-0.1, -0.05) is 58.9 Å². The van der Waals surface area contributed by atoms with Gasteiger partial charge < -0.3 is 33.9 Å². The Morgan fingerprint density at radius 2 is 1.84 bits per heavy atom. The van der Waals surface area contributed by atoms with Crippen LogP contribution in [0.3, 0.4) is 0 Å². The normalized spacial score (nSPS) is 25.1. The molecule has 3 atom stereocenters. The van der Waals surface area contributed by atoms with Crippen molar-refractivity contribution in [1.82, 2.24) is 10.2 Å². The van der Waals surface area contributed by atoms with E-state index in [0.717, 1.165) is 34.1 Å². The van der Waals surface area contributed by atoms with E-state index in [-0.39, 0.29) is 31.8 Å². The average Bonchev–Trinajstić information content (AvgIpc) is 3.37. The summed E-state index contributed by atoms with van der Waals surface area (Å²) in [5.74, 6) is -0.256. The number of benzene rings is 2. The van der Waals surface area contributed by atoms with Crippen LogP contribution in [0.1, 0.15) is 65.0 Å². The third-order valence-electron chi connectivity index (χ3n) is 8.60. The van der Waals surface area contributed by atoms with E-state index in [1.54, 1.807) is 7.11 Å². The zero-order valence-corrected chi connectivity index (χ0v) is 27.2. The number of nitrogens with one attached hydrogen (secondary N) is 1. The number of nitrogens with zero attached hydrogens (tertiary/aromatic N) is 1. The summed E-state index contributed by atoms with van der Waals surface area (Å²) >= 11 is 0. The number of hydrogen-bond donors (Lipinski definition) is 1. The molecule has 1 fully saturated rings. The first-order chi connectivity index (χ1) is 20.7. The summed E-state index contributed by atoms with van der Waals surface area (Å²) < 4.78 is 28.1. The maximum atomic E-state index is 14.3. The molecule has 0 saturated carbocycles. The number of fused-ring (bicyclic) bond motifs is 5. The van der Waals surface area contributed by atoms with Gasteiger partial charge >= 0.3 is 12.1 Å². The molecule has 2 aromatic carbocycles. The second kappa shape index (κ2) is 13.2. The fraction of sp³-hybridized carbons (Fsp3) is 0.559. The van der Waals surface area contributed by atoms with E-state index >= 15 is 0 Å². The number of ether oxygens (including phenoxy) is 5. The molecule has 0 spiro atoms. The van der Waals surface area contributed by atoms with Crippen LogP contribution in [0.4, 0.5) is 4.79 Å². The van der Waals surface area contributed by atoms with Crippen molar-refractivity contribution >= 4 is 34.8 Å². The fourth-order valence-electron chi connectivity index (χ4n) is 5.91. The SMILES string of the molecule is COCO[C@@]12C[C@@H](C(=O)OC)N(C1)C(=O)[C@H](C(C)(C)C)NC(=O)OCCC(C)(C)C/C=C/c1cc3cc2ccc3cc1OC. The van der Waals surface area contributed by atoms with Gasteiger partial charge in [0.2, 0.25) is 5.91 Å². The second-order valence-corrected chi connectivity index (χ2v) is 13.5. The number of allylic oxidation sites excluding steroid dienone is 1. The van der Waals surface area contributed by atoms with Crippen molar-refractivity contribution in [3.05, 3.63) is 47.5 Å². The summed E-state index contributed by atoms with van der Waals surface area (Å²) in [5.41, 5.74) is -0.247. The molecule has 240 valence electrons. The van der Waals surface area contributed by atoms with Crippen LogP contribution in [0.25, 0.3) is 16.8 Å². The average molecular weight is 611 g/mol. The maximum absolute atomic E-state index is 14.3. The molecule has 0 aromatic heterocycles. The number of esters is 1. The molecule has 2 aliphatic heterocycles. The molecule has 2 aliphatic rings. The highest BCUT2D eigenvalue weighted by molar-refractivity contribution is 5.92. The molecule has 0 aliphatic carbocycles. The quantitative estimate of drug-likeness (QED) is 0.353. The molecule has 2 heterocycles. The maximum Gasteiger partial charge on any atom is 0.407 e. The first-order valence-electron chi connectivity index (χ1n) is 15.0. The van der Waals surface area contributed by atoms with Crippen LogP contribution in [-0.4, -0.2) is 76.2 Å². The minimum atomic E-state index is -1.09. The molecule has 1 saturated heterocycles. The summed E-state index contributed by atoms with van der Waals surface area (Å²) in [4.78, 5) is 42.0. The lowest BCUT2D eigenvalue weighted by molar-refractivity contribution is -0.152. The molecular formula is C34H46N2O8. The van der Waals surface area contributed by atoms with Gasteiger partial charge in [0.1, 0.15) is 30.2 Å². The fourth-order valence-corrected chi connectivity index (χ4v) is 5.91. The number of hydrogen-bond acceptors (Lipinski definition) is 8. The van der Waals surface area contributed by atoms with Crippen LogP contribution in [0.2, 0.25) is 0 Å². The second-order valence-electron chi connectivity index (χ2n) is 13.5. The van der Waals surface area contributed by atoms with Gasteiger partial charge in [-0.3, -0.25) is 4.79 Å². The van der Waals surface area contributed by atoms with E-state index < -0.39 is 41.1 Å². The van der Waals surface area contributed by atoms with E-state index in [1.807, 2.05) is 51.1 Å². The first kappa shape index (κ1) is 33.3. The number of methoxy groups -OCH3 is 3. The third kappa shape index (κ3) is 7.18. The molecule has 0 unspecified atom stereocenters. The Labute approximate surface area is 260 Å². The number of cyclic esters (lactones) is 1. The summed E-state index contributed by atoms with van der Waals surface area (Å²) in [5, 5.41) is 4.71. The Morgan fingerprint density at radius 3 is 2.50 bits per heavy atom. The molecular weight excluding hydrogens is 564 g/mol. The van der Waals surface area contributed by atoms with E-state index in [9.17, 15) is 14.4 Å². The van der Waals surface area contributed by atoms with Crippen LogP contribution in [0, 0.1) is 10.8 Å². The van der Waals surface area contributed by atoms with Crippen molar-refractivity contribution in [2.75, 3.05) is 41.3 Å². The van der Waals surface area contributed by atoms with E-state index in [0.29, 0.717) is 6.42 Å². The number of carbonyl (C=O) groups excluding carboxylic acids is 3. The van der Waals surface area contributed by atoms with Gasteiger partial charge in [-0.15, -0.1) is 0 Å². The Hall–Kier alpha value is -3.63. The van der Waals surface area contributed by atoms with Gasteiger partial charge in [0.25, 0.3) is 0 Å². The highest BCUT2D eigenvalue weighted by Crippen LogP contribution is 2.42. The molecule has 2 amide bonds. The van der Waals surface area contributed by atoms with Gasteiger partial charge in [-0.25, -0.2) is 9.59 Å². The van der Waals surface area contributed by atoms with Gasteiger partial charge in [0.05, 0.1) is 27.4 Å². The van der Waals surface area contributed by atoms with Crippen molar-refractivity contribution in [3.63, 3.8) is 0 Å². The predicted octanol–water partition coefficient (Wildman–Crippen LogP) is 5.41. The van der Waals surface area contributed by atoms with Gasteiger partial charge in [0, 0.05) is 19.1 Å². The van der Waals surface area contributed by atoms with E-state index in [1.165, 1.54) is 19.1 Å². The first-order valence-corrected chi connectivity index (χ1v) is 15.0. The Morgan fingerprint density at radius 1 is 1.09 bits per heavy atom. The molecule has 1 N–H and O–H groups in total. The largest absolute Gasteiger partial charge is 0.496 e. The lowest BCUT2D eigenvalue weighted by Gasteiger charge is -2.35. The van der Waals surface area contributed by atoms with Gasteiger partial charge in [-0.05, 0) is 58.2 Å².